The third kappa shape index (κ3) is 4.52. The molecule has 1 aromatic heterocycles. The smallest absolute Gasteiger partial charge is 0.241 e. The molecular weight excluding hydrogens is 304 g/mol. The van der Waals surface area contributed by atoms with Crippen LogP contribution in [0.1, 0.15) is 51.3 Å². The topological polar surface area (TPSA) is 58.2 Å². The van der Waals surface area contributed by atoms with Gasteiger partial charge in [0, 0.05) is 24.0 Å². The summed E-state index contributed by atoms with van der Waals surface area (Å²) in [5.41, 5.74) is 0.124. The van der Waals surface area contributed by atoms with Crippen molar-refractivity contribution in [3.05, 3.63) is 16.3 Å². The molecule has 2 rings (SSSR count). The lowest BCUT2D eigenvalue weighted by Gasteiger charge is -2.23. The van der Waals surface area contributed by atoms with Gasteiger partial charge in [-0.05, 0) is 29.7 Å². The normalized spacial score (nSPS) is 18.5. The van der Waals surface area contributed by atoms with Crippen LogP contribution in [-0.4, -0.2) is 21.0 Å². The van der Waals surface area contributed by atoms with Crippen LogP contribution < -0.4 is 10.0 Å². The van der Waals surface area contributed by atoms with Gasteiger partial charge in [0.05, 0.1) is 4.90 Å². The Morgan fingerprint density at radius 2 is 2.00 bits per heavy atom. The van der Waals surface area contributed by atoms with E-state index in [-0.39, 0.29) is 5.41 Å². The van der Waals surface area contributed by atoms with Crippen molar-refractivity contribution in [1.82, 2.24) is 10.0 Å². The number of nitrogens with one attached hydrogen (secondary N) is 2. The fourth-order valence-electron chi connectivity index (χ4n) is 2.75. The van der Waals surface area contributed by atoms with Gasteiger partial charge >= 0.3 is 0 Å². The fraction of sp³-hybridized carbons (Fsp3) is 0.733. The molecule has 0 spiro atoms. The second-order valence-electron chi connectivity index (χ2n) is 6.59. The molecule has 0 saturated heterocycles. The molecule has 0 unspecified atom stereocenters. The highest BCUT2D eigenvalue weighted by Crippen LogP contribution is 2.37. The van der Waals surface area contributed by atoms with Crippen LogP contribution in [0.3, 0.4) is 0 Å². The Balaban J connectivity index is 2.04. The molecule has 1 aliphatic rings. The molecule has 0 aliphatic heterocycles. The molecular formula is C15H26N2O2S2. The summed E-state index contributed by atoms with van der Waals surface area (Å²) in [6, 6.07) is 2.05. The van der Waals surface area contributed by atoms with E-state index in [2.05, 4.69) is 30.8 Å². The lowest BCUT2D eigenvalue weighted by atomic mass is 9.89. The molecule has 0 amide bonds. The number of sulfonamides is 1. The van der Waals surface area contributed by atoms with Gasteiger partial charge in [-0.1, -0.05) is 33.6 Å². The van der Waals surface area contributed by atoms with Gasteiger partial charge in [-0.25, -0.2) is 13.1 Å². The van der Waals surface area contributed by atoms with Crippen molar-refractivity contribution < 1.29 is 8.42 Å². The zero-order chi connectivity index (χ0) is 15.5. The Kier molecular flexibility index (Phi) is 5.46. The Hall–Kier alpha value is -0.430. The molecule has 1 heterocycles. The molecule has 21 heavy (non-hydrogen) atoms. The van der Waals surface area contributed by atoms with Crippen LogP contribution in [0, 0.1) is 5.41 Å². The van der Waals surface area contributed by atoms with Gasteiger partial charge in [-0.15, -0.1) is 11.3 Å². The molecule has 1 saturated carbocycles. The molecule has 0 atom stereocenters. The SMILES string of the molecule is CC(C)NCc1sccc1S(=O)(=O)NCC1(C)CCCC1. The van der Waals surface area contributed by atoms with Gasteiger partial charge in [0.1, 0.15) is 0 Å². The average Bonchev–Trinajstić information content (AvgIpc) is 3.04. The summed E-state index contributed by atoms with van der Waals surface area (Å²) in [6.45, 7) is 7.43. The van der Waals surface area contributed by atoms with Gasteiger partial charge in [-0.3, -0.25) is 0 Å². The minimum atomic E-state index is -3.40. The maximum atomic E-state index is 12.5. The van der Waals surface area contributed by atoms with E-state index < -0.39 is 10.0 Å². The molecule has 4 nitrogen and oxygen atoms in total. The zero-order valence-corrected chi connectivity index (χ0v) is 14.7. The third-order valence-electron chi connectivity index (χ3n) is 4.16. The molecule has 0 bridgehead atoms. The average molecular weight is 331 g/mol. The van der Waals surface area contributed by atoms with E-state index in [1.165, 1.54) is 24.2 Å². The minimum Gasteiger partial charge on any atom is -0.310 e. The molecule has 1 aliphatic carbocycles. The van der Waals surface area contributed by atoms with E-state index in [9.17, 15) is 8.42 Å². The van der Waals surface area contributed by atoms with Crippen LogP contribution in [0.2, 0.25) is 0 Å². The monoisotopic (exact) mass is 330 g/mol. The number of hydrogen-bond donors (Lipinski definition) is 2. The second-order valence-corrected chi connectivity index (χ2v) is 9.32. The van der Waals surface area contributed by atoms with Crippen molar-refractivity contribution >= 4 is 21.4 Å². The first-order chi connectivity index (χ1) is 9.82. The summed E-state index contributed by atoms with van der Waals surface area (Å²) in [5.74, 6) is 0. The maximum Gasteiger partial charge on any atom is 0.241 e. The van der Waals surface area contributed by atoms with Crippen LogP contribution in [0.25, 0.3) is 0 Å². The van der Waals surface area contributed by atoms with E-state index in [1.807, 2.05) is 5.38 Å². The van der Waals surface area contributed by atoms with E-state index in [0.717, 1.165) is 17.7 Å². The molecule has 1 aromatic rings. The Bertz CT molecular complexity index is 558. The van der Waals surface area contributed by atoms with Crippen LogP contribution in [0.15, 0.2) is 16.3 Å². The Morgan fingerprint density at radius 1 is 1.33 bits per heavy atom. The van der Waals surface area contributed by atoms with Crippen molar-refractivity contribution in [1.29, 1.82) is 0 Å². The lowest BCUT2D eigenvalue weighted by Crippen LogP contribution is -2.34. The highest BCUT2D eigenvalue weighted by Gasteiger charge is 2.31. The highest BCUT2D eigenvalue weighted by atomic mass is 32.2. The molecule has 0 aromatic carbocycles. The molecule has 6 heteroatoms. The van der Waals surface area contributed by atoms with Gasteiger partial charge in [-0.2, -0.15) is 0 Å². The summed E-state index contributed by atoms with van der Waals surface area (Å²) >= 11 is 1.49. The highest BCUT2D eigenvalue weighted by molar-refractivity contribution is 7.89. The van der Waals surface area contributed by atoms with Crippen LogP contribution in [0.4, 0.5) is 0 Å². The van der Waals surface area contributed by atoms with E-state index >= 15 is 0 Å². The molecule has 1 fully saturated rings. The van der Waals surface area contributed by atoms with Gasteiger partial charge in [0.2, 0.25) is 10.0 Å². The number of hydrogen-bond acceptors (Lipinski definition) is 4. The third-order valence-corrected chi connectivity index (χ3v) is 6.70. The Labute approximate surface area is 132 Å². The van der Waals surface area contributed by atoms with Crippen LogP contribution in [0.5, 0.6) is 0 Å². The van der Waals surface area contributed by atoms with Crippen molar-refractivity contribution in [2.24, 2.45) is 5.41 Å². The summed E-state index contributed by atoms with van der Waals surface area (Å²) in [6.07, 6.45) is 4.64. The number of rotatable bonds is 7. The number of thiophene rings is 1. The first kappa shape index (κ1) is 16.9. The van der Waals surface area contributed by atoms with Crippen LogP contribution >= 0.6 is 11.3 Å². The summed E-state index contributed by atoms with van der Waals surface area (Å²) < 4.78 is 27.9. The zero-order valence-electron chi connectivity index (χ0n) is 13.1. The molecule has 120 valence electrons. The van der Waals surface area contributed by atoms with E-state index in [0.29, 0.717) is 24.0 Å². The summed E-state index contributed by atoms with van der Waals surface area (Å²) in [7, 11) is -3.40. The predicted molar refractivity (Wildman–Crippen MR) is 88.1 cm³/mol. The minimum absolute atomic E-state index is 0.124. The molecule has 2 N–H and O–H groups in total. The molecule has 0 radical (unpaired) electrons. The van der Waals surface area contributed by atoms with Crippen molar-refractivity contribution in [2.45, 2.75) is 63.9 Å². The van der Waals surface area contributed by atoms with E-state index in [1.54, 1.807) is 6.07 Å². The lowest BCUT2D eigenvalue weighted by molar-refractivity contribution is 0.336. The van der Waals surface area contributed by atoms with Crippen LogP contribution in [-0.2, 0) is 16.6 Å². The predicted octanol–water partition coefficient (Wildman–Crippen LogP) is 3.10. The standard InChI is InChI=1S/C15H26N2O2S2/c1-12(2)16-10-13-14(6-9-20-13)21(18,19)17-11-15(3)7-4-5-8-15/h6,9,12,16-17H,4-5,7-8,10-11H2,1-3H3. The van der Waals surface area contributed by atoms with E-state index in [4.69, 9.17) is 0 Å². The maximum absolute atomic E-state index is 12.5. The largest absolute Gasteiger partial charge is 0.310 e. The first-order valence-electron chi connectivity index (χ1n) is 7.62. The summed E-state index contributed by atoms with van der Waals surface area (Å²) in [5, 5.41) is 5.13. The summed E-state index contributed by atoms with van der Waals surface area (Å²) in [4.78, 5) is 1.31. The van der Waals surface area contributed by atoms with Gasteiger partial charge < -0.3 is 5.32 Å². The fourth-order valence-corrected chi connectivity index (χ4v) is 5.34. The Morgan fingerprint density at radius 3 is 2.62 bits per heavy atom. The van der Waals surface area contributed by atoms with Crippen molar-refractivity contribution in [3.8, 4) is 0 Å². The first-order valence-corrected chi connectivity index (χ1v) is 9.98. The van der Waals surface area contributed by atoms with Gasteiger partial charge in [0.25, 0.3) is 0 Å². The van der Waals surface area contributed by atoms with Crippen molar-refractivity contribution in [3.63, 3.8) is 0 Å². The quantitative estimate of drug-likeness (QED) is 0.807. The van der Waals surface area contributed by atoms with Gasteiger partial charge in [0.15, 0.2) is 0 Å². The second kappa shape index (κ2) is 6.77. The van der Waals surface area contributed by atoms with Crippen molar-refractivity contribution in [2.75, 3.05) is 6.54 Å².